The summed E-state index contributed by atoms with van der Waals surface area (Å²) in [5.41, 5.74) is 0.893. The number of likely N-dealkylation sites (tertiary alicyclic amines) is 1. The van der Waals surface area contributed by atoms with Gasteiger partial charge in [-0.1, -0.05) is 0 Å². The van der Waals surface area contributed by atoms with Crippen LogP contribution in [0, 0.1) is 11.6 Å². The number of carbonyl (C=O) groups is 2. The quantitative estimate of drug-likeness (QED) is 0.836. The maximum Gasteiger partial charge on any atom is 0.341 e. The number of ether oxygens (including phenoxy) is 1. The zero-order chi connectivity index (χ0) is 21.3. The maximum absolute atomic E-state index is 13.6. The van der Waals surface area contributed by atoms with Crippen LogP contribution in [0.15, 0.2) is 47.6 Å². The second kappa shape index (κ2) is 8.10. The highest BCUT2D eigenvalue weighted by Gasteiger charge is 2.39. The van der Waals surface area contributed by atoms with Crippen LogP contribution in [0.3, 0.4) is 0 Å². The number of urea groups is 1. The van der Waals surface area contributed by atoms with E-state index in [1.165, 1.54) is 17.1 Å². The van der Waals surface area contributed by atoms with Gasteiger partial charge in [0.05, 0.1) is 19.1 Å². The number of hydrogen-bond donors (Lipinski definition) is 1. The minimum absolute atomic E-state index is 0.180. The maximum atomic E-state index is 13.6. The zero-order valence-electron chi connectivity index (χ0n) is 16.2. The van der Waals surface area contributed by atoms with Crippen LogP contribution in [0.1, 0.15) is 28.4 Å². The van der Waals surface area contributed by atoms with Crippen molar-refractivity contribution in [1.29, 1.82) is 0 Å². The lowest BCUT2D eigenvalue weighted by Crippen LogP contribution is -2.58. The molecule has 0 aromatic heterocycles. The summed E-state index contributed by atoms with van der Waals surface area (Å²) in [6.45, 7) is 0.735. The van der Waals surface area contributed by atoms with Gasteiger partial charge in [0.25, 0.3) is 5.91 Å². The Kier molecular flexibility index (Phi) is 5.35. The fourth-order valence-electron chi connectivity index (χ4n) is 3.48. The van der Waals surface area contributed by atoms with Crippen LogP contribution in [-0.2, 0) is 0 Å². The molecular weight excluding hydrogens is 394 g/mol. The fraction of sp³-hybridized carbons (Fsp3) is 0.286. The first-order chi connectivity index (χ1) is 14.4. The van der Waals surface area contributed by atoms with Gasteiger partial charge in [-0.3, -0.25) is 4.79 Å². The van der Waals surface area contributed by atoms with Gasteiger partial charge in [0.1, 0.15) is 23.5 Å². The van der Waals surface area contributed by atoms with E-state index in [2.05, 4.69) is 10.4 Å². The van der Waals surface area contributed by atoms with Gasteiger partial charge in [-0.25, -0.2) is 18.6 Å². The fourth-order valence-corrected chi connectivity index (χ4v) is 3.48. The highest BCUT2D eigenvalue weighted by molar-refractivity contribution is 5.94. The SMILES string of the molecule is CNC(=O)c1ccc(OC2CN(C(=O)N3N=CCC3c3cc(F)cc(F)c3)C2)cc1. The van der Waals surface area contributed by atoms with Crippen molar-refractivity contribution in [3.63, 3.8) is 0 Å². The van der Waals surface area contributed by atoms with E-state index >= 15 is 0 Å². The summed E-state index contributed by atoms with van der Waals surface area (Å²) in [5.74, 6) is -0.957. The largest absolute Gasteiger partial charge is 0.487 e. The third-order valence-electron chi connectivity index (χ3n) is 5.06. The number of amides is 3. The van der Waals surface area contributed by atoms with Gasteiger partial charge in [-0.05, 0) is 42.0 Å². The molecule has 1 unspecified atom stereocenters. The Bertz CT molecular complexity index is 970. The number of benzene rings is 2. The summed E-state index contributed by atoms with van der Waals surface area (Å²) in [7, 11) is 1.56. The normalized spacial score (nSPS) is 18.3. The minimum Gasteiger partial charge on any atom is -0.487 e. The van der Waals surface area contributed by atoms with Crippen molar-refractivity contribution in [2.75, 3.05) is 20.1 Å². The van der Waals surface area contributed by atoms with Crippen LogP contribution in [0.2, 0.25) is 0 Å². The number of hydrazone groups is 1. The first-order valence-corrected chi connectivity index (χ1v) is 9.50. The Hall–Kier alpha value is -3.49. The van der Waals surface area contributed by atoms with E-state index in [4.69, 9.17) is 4.74 Å². The molecule has 9 heteroatoms. The topological polar surface area (TPSA) is 74.2 Å². The molecule has 30 heavy (non-hydrogen) atoms. The summed E-state index contributed by atoms with van der Waals surface area (Å²) in [5, 5.41) is 7.89. The standard InChI is InChI=1S/C21H20F2N4O3/c1-24-20(28)13-2-4-17(5-3-13)30-18-11-26(12-18)21(29)27-19(6-7-25-27)14-8-15(22)10-16(23)9-14/h2-5,7-10,18-19H,6,11-12H2,1H3,(H,24,28). The van der Waals surface area contributed by atoms with Gasteiger partial charge in [0, 0.05) is 31.3 Å². The van der Waals surface area contributed by atoms with E-state index in [-0.39, 0.29) is 18.0 Å². The van der Waals surface area contributed by atoms with E-state index in [9.17, 15) is 18.4 Å². The van der Waals surface area contributed by atoms with E-state index < -0.39 is 17.7 Å². The third-order valence-corrected chi connectivity index (χ3v) is 5.06. The molecule has 0 spiro atoms. The Morgan fingerprint density at radius 3 is 2.40 bits per heavy atom. The monoisotopic (exact) mass is 414 g/mol. The summed E-state index contributed by atoms with van der Waals surface area (Å²) in [4.78, 5) is 25.9. The predicted molar refractivity (Wildman–Crippen MR) is 105 cm³/mol. The van der Waals surface area contributed by atoms with Crippen LogP contribution in [0.25, 0.3) is 0 Å². The molecule has 2 aliphatic rings. The molecule has 1 N–H and O–H groups in total. The molecule has 1 atom stereocenters. The molecule has 2 aromatic rings. The molecule has 1 saturated heterocycles. The minimum atomic E-state index is -0.691. The smallest absolute Gasteiger partial charge is 0.341 e. The Balaban J connectivity index is 1.34. The Morgan fingerprint density at radius 1 is 1.10 bits per heavy atom. The Labute approximate surface area is 171 Å². The number of nitrogens with one attached hydrogen (secondary N) is 1. The molecule has 0 bridgehead atoms. The Morgan fingerprint density at radius 2 is 1.77 bits per heavy atom. The van der Waals surface area contributed by atoms with Gasteiger partial charge >= 0.3 is 6.03 Å². The first kappa shape index (κ1) is 19.8. The lowest BCUT2D eigenvalue weighted by molar-refractivity contribution is 0.0277. The number of nitrogens with zero attached hydrogens (tertiary/aromatic N) is 3. The van der Waals surface area contributed by atoms with Crippen molar-refractivity contribution >= 4 is 18.2 Å². The lowest BCUT2D eigenvalue weighted by atomic mass is 10.0. The second-order valence-corrected chi connectivity index (χ2v) is 7.13. The summed E-state index contributed by atoms with van der Waals surface area (Å²) >= 11 is 0. The van der Waals surface area contributed by atoms with Crippen molar-refractivity contribution in [3.8, 4) is 5.75 Å². The zero-order valence-corrected chi connectivity index (χ0v) is 16.2. The van der Waals surface area contributed by atoms with Crippen molar-refractivity contribution in [2.24, 2.45) is 5.10 Å². The molecule has 2 heterocycles. The number of halogens is 2. The summed E-state index contributed by atoms with van der Waals surface area (Å²) < 4.78 is 32.9. The molecule has 0 saturated carbocycles. The van der Waals surface area contributed by atoms with Crippen LogP contribution >= 0.6 is 0 Å². The highest BCUT2D eigenvalue weighted by Crippen LogP contribution is 2.31. The van der Waals surface area contributed by atoms with Crippen molar-refractivity contribution < 1.29 is 23.1 Å². The van der Waals surface area contributed by atoms with E-state index in [0.717, 1.165) is 6.07 Å². The molecule has 2 aliphatic heterocycles. The van der Waals surface area contributed by atoms with Gasteiger partial charge in [0.2, 0.25) is 0 Å². The summed E-state index contributed by atoms with van der Waals surface area (Å²) in [6.07, 6.45) is 1.77. The number of hydrogen-bond acceptors (Lipinski definition) is 4. The first-order valence-electron chi connectivity index (χ1n) is 9.50. The average molecular weight is 414 g/mol. The number of rotatable bonds is 4. The van der Waals surface area contributed by atoms with Crippen molar-refractivity contribution in [2.45, 2.75) is 18.6 Å². The van der Waals surface area contributed by atoms with Gasteiger partial charge < -0.3 is 15.0 Å². The molecule has 0 radical (unpaired) electrons. The average Bonchev–Trinajstić information content (AvgIpc) is 3.19. The second-order valence-electron chi connectivity index (χ2n) is 7.13. The van der Waals surface area contributed by atoms with E-state index in [1.807, 2.05) is 0 Å². The molecule has 7 nitrogen and oxygen atoms in total. The van der Waals surface area contributed by atoms with Gasteiger partial charge in [-0.2, -0.15) is 5.10 Å². The molecule has 0 aliphatic carbocycles. The summed E-state index contributed by atoms with van der Waals surface area (Å²) in [6, 6.07) is 9.08. The number of carbonyl (C=O) groups excluding carboxylic acids is 2. The molecule has 3 amide bonds. The molecular formula is C21H20F2N4O3. The van der Waals surface area contributed by atoms with Crippen LogP contribution in [0.4, 0.5) is 13.6 Å². The highest BCUT2D eigenvalue weighted by atomic mass is 19.1. The van der Waals surface area contributed by atoms with Crippen LogP contribution < -0.4 is 10.1 Å². The van der Waals surface area contributed by atoms with Crippen LogP contribution in [0.5, 0.6) is 5.75 Å². The van der Waals surface area contributed by atoms with E-state index in [1.54, 1.807) is 42.4 Å². The van der Waals surface area contributed by atoms with Crippen molar-refractivity contribution in [3.05, 3.63) is 65.2 Å². The van der Waals surface area contributed by atoms with Crippen molar-refractivity contribution in [1.82, 2.24) is 15.2 Å². The lowest BCUT2D eigenvalue weighted by Gasteiger charge is -2.41. The molecule has 2 aromatic carbocycles. The molecule has 1 fully saturated rings. The van der Waals surface area contributed by atoms with Crippen LogP contribution in [-0.4, -0.2) is 54.3 Å². The molecule has 156 valence electrons. The molecule has 4 rings (SSSR count). The van der Waals surface area contributed by atoms with Gasteiger partial charge in [-0.15, -0.1) is 0 Å². The third kappa shape index (κ3) is 3.96. The van der Waals surface area contributed by atoms with E-state index in [0.29, 0.717) is 36.4 Å². The predicted octanol–water partition coefficient (Wildman–Crippen LogP) is 2.94. The van der Waals surface area contributed by atoms with Gasteiger partial charge in [0.15, 0.2) is 0 Å².